The van der Waals surface area contributed by atoms with Crippen molar-refractivity contribution in [3.8, 4) is 11.1 Å². The number of hydrogen-bond donors (Lipinski definition) is 0. The Morgan fingerprint density at radius 3 is 2.35 bits per heavy atom. The third-order valence-corrected chi connectivity index (χ3v) is 7.37. The molecule has 4 bridgehead atoms. The van der Waals surface area contributed by atoms with Crippen LogP contribution in [-0.4, -0.2) is 9.97 Å². The monoisotopic (exact) mass is 322 g/mol. The average molecular weight is 323 g/mol. The van der Waals surface area contributed by atoms with E-state index >= 15 is 0 Å². The molecule has 0 radical (unpaired) electrons. The first-order valence-corrected chi connectivity index (χ1v) is 9.26. The number of halogens is 1. The fourth-order valence-corrected chi connectivity index (χ4v) is 6.90. The first-order valence-electron chi connectivity index (χ1n) is 8.88. The molecule has 0 amide bonds. The lowest BCUT2D eigenvalue weighted by Gasteiger charge is -2.59. The number of aromatic nitrogens is 2. The zero-order valence-corrected chi connectivity index (χ0v) is 13.8. The van der Waals surface area contributed by atoms with Crippen molar-refractivity contribution in [1.29, 1.82) is 0 Å². The Balaban J connectivity index is 1.68. The smallest absolute Gasteiger partial charge is 0.0616 e. The Hall–Kier alpha value is -1.41. The fourth-order valence-electron chi connectivity index (χ4n) is 6.74. The highest BCUT2D eigenvalue weighted by molar-refractivity contribution is 6.30. The van der Waals surface area contributed by atoms with E-state index < -0.39 is 0 Å². The average Bonchev–Trinajstić information content (AvgIpc) is 2.83. The molecule has 0 N–H and O–H groups in total. The predicted octanol–water partition coefficient (Wildman–Crippen LogP) is 4.85. The van der Waals surface area contributed by atoms with Gasteiger partial charge in [-0.2, -0.15) is 0 Å². The molecule has 116 valence electrons. The Morgan fingerprint density at radius 2 is 1.61 bits per heavy atom. The van der Waals surface area contributed by atoms with Gasteiger partial charge < -0.3 is 0 Å². The minimum atomic E-state index is 0.0733. The van der Waals surface area contributed by atoms with Crippen LogP contribution in [-0.2, 0) is 5.41 Å². The van der Waals surface area contributed by atoms with Crippen LogP contribution in [0.4, 0.5) is 0 Å². The van der Waals surface area contributed by atoms with Crippen LogP contribution >= 0.6 is 11.6 Å². The van der Waals surface area contributed by atoms with Gasteiger partial charge in [-0.1, -0.05) is 17.7 Å². The van der Waals surface area contributed by atoms with E-state index in [1.807, 2.05) is 12.4 Å². The summed E-state index contributed by atoms with van der Waals surface area (Å²) in [5.41, 5.74) is 5.19. The molecule has 4 saturated carbocycles. The second kappa shape index (κ2) is 4.16. The van der Waals surface area contributed by atoms with Gasteiger partial charge in [-0.05, 0) is 67.9 Å². The SMILES string of the molecule is Clc1cnc2c(c1)-c1cccnc1C21C2CC3CC(C2)CC1C3. The summed E-state index contributed by atoms with van der Waals surface area (Å²) in [6.07, 6.45) is 10.8. The van der Waals surface area contributed by atoms with Crippen molar-refractivity contribution in [2.75, 3.05) is 0 Å². The molecule has 0 aliphatic heterocycles. The van der Waals surface area contributed by atoms with Crippen LogP contribution in [0.25, 0.3) is 11.1 Å². The standard InChI is InChI=1S/C20H19ClN2/c21-15-9-17-16-2-1-3-22-18(16)20(19(17)23-10-15)13-5-11-4-12(7-13)8-14(20)6-11/h1-3,9-14H,4-8H2. The van der Waals surface area contributed by atoms with Gasteiger partial charge in [0.1, 0.15) is 0 Å². The van der Waals surface area contributed by atoms with Crippen LogP contribution in [0.3, 0.4) is 0 Å². The number of nitrogens with zero attached hydrogens (tertiary/aromatic N) is 2. The molecule has 2 heterocycles. The van der Waals surface area contributed by atoms with Crippen LogP contribution in [0, 0.1) is 23.7 Å². The van der Waals surface area contributed by atoms with Gasteiger partial charge in [0.15, 0.2) is 0 Å². The molecule has 1 spiro atoms. The number of rotatable bonds is 0. The van der Waals surface area contributed by atoms with Crippen molar-refractivity contribution < 1.29 is 0 Å². The summed E-state index contributed by atoms with van der Waals surface area (Å²) in [6.45, 7) is 0. The maximum atomic E-state index is 6.29. The van der Waals surface area contributed by atoms with Gasteiger partial charge in [0, 0.05) is 23.5 Å². The Morgan fingerprint density at radius 1 is 0.913 bits per heavy atom. The number of fused-ring (bicyclic) bond motifs is 3. The largest absolute Gasteiger partial charge is 0.260 e. The molecule has 2 nitrogen and oxygen atoms in total. The van der Waals surface area contributed by atoms with E-state index in [0.29, 0.717) is 0 Å². The molecule has 5 aliphatic carbocycles. The van der Waals surface area contributed by atoms with Gasteiger partial charge in [0.05, 0.1) is 21.8 Å². The molecule has 3 heteroatoms. The second-order valence-corrected chi connectivity index (χ2v) is 8.56. The third kappa shape index (κ3) is 1.43. The number of pyridine rings is 2. The topological polar surface area (TPSA) is 25.8 Å². The summed E-state index contributed by atoms with van der Waals surface area (Å²) >= 11 is 6.29. The Bertz CT molecular complexity index is 800. The molecule has 7 rings (SSSR count). The Labute approximate surface area is 141 Å². The third-order valence-electron chi connectivity index (χ3n) is 7.16. The summed E-state index contributed by atoms with van der Waals surface area (Å²) in [7, 11) is 0. The van der Waals surface area contributed by atoms with Crippen LogP contribution < -0.4 is 0 Å². The van der Waals surface area contributed by atoms with Crippen molar-refractivity contribution >= 4 is 11.6 Å². The van der Waals surface area contributed by atoms with E-state index in [2.05, 4.69) is 18.2 Å². The van der Waals surface area contributed by atoms with Crippen LogP contribution in [0.1, 0.15) is 43.5 Å². The zero-order chi connectivity index (χ0) is 15.2. The predicted molar refractivity (Wildman–Crippen MR) is 90.3 cm³/mol. The summed E-state index contributed by atoms with van der Waals surface area (Å²) < 4.78 is 0. The molecule has 4 fully saturated rings. The molecule has 0 saturated heterocycles. The second-order valence-electron chi connectivity index (χ2n) is 8.12. The first kappa shape index (κ1) is 12.9. The molecule has 23 heavy (non-hydrogen) atoms. The van der Waals surface area contributed by atoms with E-state index in [0.717, 1.165) is 28.7 Å². The van der Waals surface area contributed by atoms with Gasteiger partial charge >= 0.3 is 0 Å². The van der Waals surface area contributed by atoms with Crippen molar-refractivity contribution in [2.45, 2.75) is 37.5 Å². The zero-order valence-electron chi connectivity index (χ0n) is 13.0. The molecule has 2 aromatic heterocycles. The number of hydrogen-bond acceptors (Lipinski definition) is 2. The molecule has 5 aliphatic rings. The van der Waals surface area contributed by atoms with Crippen molar-refractivity contribution in [2.24, 2.45) is 23.7 Å². The van der Waals surface area contributed by atoms with Crippen molar-refractivity contribution in [3.63, 3.8) is 0 Å². The van der Waals surface area contributed by atoms with E-state index in [4.69, 9.17) is 21.6 Å². The summed E-state index contributed by atoms with van der Waals surface area (Å²) in [5, 5.41) is 0.736. The molecule has 0 aromatic carbocycles. The molecular weight excluding hydrogens is 304 g/mol. The van der Waals surface area contributed by atoms with Crippen LogP contribution in [0.15, 0.2) is 30.6 Å². The van der Waals surface area contributed by atoms with Crippen LogP contribution in [0.2, 0.25) is 5.02 Å². The highest BCUT2D eigenvalue weighted by atomic mass is 35.5. The van der Waals surface area contributed by atoms with Gasteiger partial charge in [-0.3, -0.25) is 9.97 Å². The lowest BCUT2D eigenvalue weighted by Crippen LogP contribution is -2.55. The minimum absolute atomic E-state index is 0.0733. The van der Waals surface area contributed by atoms with Gasteiger partial charge in [-0.25, -0.2) is 0 Å². The summed E-state index contributed by atoms with van der Waals surface area (Å²) in [6, 6.07) is 6.39. The summed E-state index contributed by atoms with van der Waals surface area (Å²) in [5.74, 6) is 3.35. The maximum absolute atomic E-state index is 6.29. The normalized spacial score (nSPS) is 38.8. The van der Waals surface area contributed by atoms with E-state index in [1.165, 1.54) is 54.6 Å². The maximum Gasteiger partial charge on any atom is 0.0616 e. The lowest BCUT2D eigenvalue weighted by atomic mass is 9.44. The highest BCUT2D eigenvalue weighted by Gasteiger charge is 2.63. The van der Waals surface area contributed by atoms with E-state index in [1.54, 1.807) is 0 Å². The molecule has 2 aromatic rings. The Kier molecular flexibility index (Phi) is 2.34. The quantitative estimate of drug-likeness (QED) is 0.692. The molecule has 0 atom stereocenters. The van der Waals surface area contributed by atoms with Crippen molar-refractivity contribution in [3.05, 3.63) is 47.0 Å². The lowest BCUT2D eigenvalue weighted by molar-refractivity contribution is -0.0432. The van der Waals surface area contributed by atoms with Gasteiger partial charge in [-0.15, -0.1) is 0 Å². The van der Waals surface area contributed by atoms with E-state index in [-0.39, 0.29) is 5.41 Å². The van der Waals surface area contributed by atoms with Gasteiger partial charge in [0.25, 0.3) is 0 Å². The van der Waals surface area contributed by atoms with Crippen LogP contribution in [0.5, 0.6) is 0 Å². The van der Waals surface area contributed by atoms with E-state index in [9.17, 15) is 0 Å². The summed E-state index contributed by atoms with van der Waals surface area (Å²) in [4.78, 5) is 9.82. The molecule has 0 unspecified atom stereocenters. The first-order chi connectivity index (χ1) is 11.3. The molecular formula is C20H19ClN2. The van der Waals surface area contributed by atoms with Crippen molar-refractivity contribution in [1.82, 2.24) is 9.97 Å². The fraction of sp³-hybridized carbons (Fsp3) is 0.500. The highest BCUT2D eigenvalue weighted by Crippen LogP contribution is 2.68. The minimum Gasteiger partial charge on any atom is -0.260 e. The van der Waals surface area contributed by atoms with Gasteiger partial charge in [0.2, 0.25) is 0 Å².